The van der Waals surface area contributed by atoms with Crippen LogP contribution in [-0.4, -0.2) is 42.9 Å². The summed E-state index contributed by atoms with van der Waals surface area (Å²) in [5.74, 6) is -2.16. The third-order valence-electron chi connectivity index (χ3n) is 5.17. The number of benzene rings is 1. The van der Waals surface area contributed by atoms with Gasteiger partial charge in [0.15, 0.2) is 0 Å². The Labute approximate surface area is 195 Å². The van der Waals surface area contributed by atoms with E-state index < -0.39 is 32.7 Å². The minimum atomic E-state index is -4.18. The zero-order chi connectivity index (χ0) is 23.4. The Bertz CT molecular complexity index is 1260. The predicted molar refractivity (Wildman–Crippen MR) is 122 cm³/mol. The molecule has 0 saturated heterocycles. The van der Waals surface area contributed by atoms with E-state index in [1.54, 1.807) is 37.3 Å². The minimum Gasteiger partial charge on any atom is -0.462 e. The van der Waals surface area contributed by atoms with E-state index in [1.165, 1.54) is 11.3 Å². The SMILES string of the molecule is CCOC(=O)c1c(NC(=O)CS(=O)(=O)c2nnc(-c3ccccc3)o2)sc2c1CCCCC2. The number of rotatable bonds is 7. The fourth-order valence-corrected chi connectivity index (χ4v) is 5.89. The average Bonchev–Trinajstić information content (AvgIpc) is 3.34. The highest BCUT2D eigenvalue weighted by Crippen LogP contribution is 2.38. The van der Waals surface area contributed by atoms with Crippen molar-refractivity contribution in [1.82, 2.24) is 10.2 Å². The molecule has 0 saturated carbocycles. The Balaban J connectivity index is 1.54. The van der Waals surface area contributed by atoms with Crippen molar-refractivity contribution in [2.75, 3.05) is 17.7 Å². The van der Waals surface area contributed by atoms with Crippen LogP contribution in [0.2, 0.25) is 0 Å². The lowest BCUT2D eigenvalue weighted by Gasteiger charge is -2.08. The number of esters is 1. The minimum absolute atomic E-state index is 0.0428. The van der Waals surface area contributed by atoms with Gasteiger partial charge in [0.05, 0.1) is 12.2 Å². The number of aromatic nitrogens is 2. The fraction of sp³-hybridized carbons (Fsp3) is 0.364. The van der Waals surface area contributed by atoms with Crippen LogP contribution in [0.25, 0.3) is 11.5 Å². The highest BCUT2D eigenvalue weighted by atomic mass is 32.2. The Morgan fingerprint density at radius 2 is 1.88 bits per heavy atom. The van der Waals surface area contributed by atoms with Crippen LogP contribution >= 0.6 is 11.3 Å². The van der Waals surface area contributed by atoms with Crippen LogP contribution in [0.3, 0.4) is 0 Å². The summed E-state index contributed by atoms with van der Waals surface area (Å²) in [6.45, 7) is 1.91. The van der Waals surface area contributed by atoms with Gasteiger partial charge < -0.3 is 14.5 Å². The molecule has 2 heterocycles. The van der Waals surface area contributed by atoms with Crippen LogP contribution in [0.4, 0.5) is 5.00 Å². The number of ether oxygens (including phenoxy) is 1. The number of amides is 1. The maximum Gasteiger partial charge on any atom is 0.341 e. The number of sulfone groups is 1. The van der Waals surface area contributed by atoms with Crippen LogP contribution in [-0.2, 0) is 32.2 Å². The van der Waals surface area contributed by atoms with Crippen LogP contribution in [0.15, 0.2) is 40.0 Å². The summed E-state index contributed by atoms with van der Waals surface area (Å²) in [6.07, 6.45) is 4.54. The van der Waals surface area contributed by atoms with Crippen LogP contribution in [0.1, 0.15) is 47.0 Å². The maximum atomic E-state index is 12.7. The molecule has 0 fully saturated rings. The standard InChI is InChI=1S/C22H23N3O6S2/c1-2-30-21(27)18-15-11-7-4-8-12-16(15)32-20(18)23-17(26)13-33(28,29)22-25-24-19(31-22)14-9-5-3-6-10-14/h3,5-6,9-10H,2,4,7-8,11-13H2,1H3,(H,23,26). The first-order valence-corrected chi connectivity index (χ1v) is 13.1. The first kappa shape index (κ1) is 23.1. The normalized spacial score (nSPS) is 13.7. The summed E-state index contributed by atoms with van der Waals surface area (Å²) >= 11 is 1.30. The van der Waals surface area contributed by atoms with Crippen molar-refractivity contribution >= 4 is 38.1 Å². The number of hydrogen-bond donors (Lipinski definition) is 1. The topological polar surface area (TPSA) is 128 Å². The van der Waals surface area contributed by atoms with Gasteiger partial charge in [-0.2, -0.15) is 0 Å². The fourth-order valence-electron chi connectivity index (χ4n) is 3.68. The summed E-state index contributed by atoms with van der Waals surface area (Å²) in [7, 11) is -4.18. The Hall–Kier alpha value is -3.05. The molecule has 174 valence electrons. The number of hydrogen-bond acceptors (Lipinski definition) is 9. The summed E-state index contributed by atoms with van der Waals surface area (Å²) in [6, 6.07) is 8.72. The zero-order valence-corrected chi connectivity index (χ0v) is 19.6. The van der Waals surface area contributed by atoms with Crippen molar-refractivity contribution in [1.29, 1.82) is 0 Å². The van der Waals surface area contributed by atoms with Crippen molar-refractivity contribution in [3.63, 3.8) is 0 Å². The van der Waals surface area contributed by atoms with E-state index in [1.807, 2.05) is 0 Å². The molecule has 0 spiro atoms. The molecule has 4 rings (SSSR count). The van der Waals surface area contributed by atoms with Crippen LogP contribution < -0.4 is 5.32 Å². The zero-order valence-electron chi connectivity index (χ0n) is 18.0. The molecule has 1 amide bonds. The Kier molecular flexibility index (Phi) is 6.89. The predicted octanol–water partition coefficient (Wildman–Crippen LogP) is 3.66. The number of anilines is 1. The molecule has 11 heteroatoms. The molecule has 0 radical (unpaired) electrons. The quantitative estimate of drug-likeness (QED) is 0.393. The van der Waals surface area contributed by atoms with Gasteiger partial charge in [-0.05, 0) is 50.3 Å². The molecule has 1 aromatic carbocycles. The molecule has 33 heavy (non-hydrogen) atoms. The van der Waals surface area contributed by atoms with Gasteiger partial charge in [0.1, 0.15) is 10.8 Å². The average molecular weight is 490 g/mol. The largest absolute Gasteiger partial charge is 0.462 e. The monoisotopic (exact) mass is 489 g/mol. The Morgan fingerprint density at radius 1 is 1.12 bits per heavy atom. The summed E-state index contributed by atoms with van der Waals surface area (Å²) in [5, 5.41) is 9.65. The number of nitrogens with one attached hydrogen (secondary N) is 1. The molecule has 0 bridgehead atoms. The number of aryl methyl sites for hydroxylation is 1. The van der Waals surface area contributed by atoms with E-state index in [0.29, 0.717) is 16.1 Å². The van der Waals surface area contributed by atoms with Gasteiger partial charge in [-0.25, -0.2) is 13.2 Å². The number of thiophene rings is 1. The smallest absolute Gasteiger partial charge is 0.341 e. The number of carbonyl (C=O) groups excluding carboxylic acids is 2. The first-order chi connectivity index (χ1) is 15.9. The number of carbonyl (C=O) groups is 2. The molecule has 0 atom stereocenters. The molecule has 3 aromatic rings. The first-order valence-electron chi connectivity index (χ1n) is 10.6. The highest BCUT2D eigenvalue weighted by Gasteiger charge is 2.30. The van der Waals surface area contributed by atoms with Crippen molar-refractivity contribution in [2.45, 2.75) is 44.3 Å². The van der Waals surface area contributed by atoms with Gasteiger partial charge in [-0.3, -0.25) is 4.79 Å². The molecule has 1 N–H and O–H groups in total. The second-order valence-electron chi connectivity index (χ2n) is 7.54. The van der Waals surface area contributed by atoms with Crippen molar-refractivity contribution in [3.05, 3.63) is 46.3 Å². The number of fused-ring (bicyclic) bond motifs is 1. The van der Waals surface area contributed by atoms with E-state index in [9.17, 15) is 18.0 Å². The van der Waals surface area contributed by atoms with Crippen LogP contribution in [0, 0.1) is 0 Å². The van der Waals surface area contributed by atoms with E-state index in [0.717, 1.165) is 42.5 Å². The van der Waals surface area contributed by atoms with E-state index in [4.69, 9.17) is 9.15 Å². The van der Waals surface area contributed by atoms with E-state index in [-0.39, 0.29) is 12.5 Å². The van der Waals surface area contributed by atoms with E-state index in [2.05, 4.69) is 15.5 Å². The molecule has 0 aliphatic heterocycles. The second-order valence-corrected chi connectivity index (χ2v) is 10.5. The van der Waals surface area contributed by atoms with Crippen molar-refractivity contribution in [3.8, 4) is 11.5 Å². The molecular formula is C22H23N3O6S2. The van der Waals surface area contributed by atoms with Crippen molar-refractivity contribution < 1.29 is 27.2 Å². The lowest BCUT2D eigenvalue weighted by atomic mass is 10.1. The molecule has 9 nitrogen and oxygen atoms in total. The third kappa shape index (κ3) is 5.14. The molecular weight excluding hydrogens is 466 g/mol. The summed E-state index contributed by atoms with van der Waals surface area (Å²) in [4.78, 5) is 26.3. The van der Waals surface area contributed by atoms with Crippen molar-refractivity contribution in [2.24, 2.45) is 0 Å². The lowest BCUT2D eigenvalue weighted by molar-refractivity contribution is -0.113. The third-order valence-corrected chi connectivity index (χ3v) is 7.71. The van der Waals surface area contributed by atoms with Gasteiger partial charge >= 0.3 is 11.2 Å². The van der Waals surface area contributed by atoms with Gasteiger partial charge in [-0.1, -0.05) is 29.7 Å². The van der Waals surface area contributed by atoms with Gasteiger partial charge in [0.25, 0.3) is 0 Å². The Morgan fingerprint density at radius 3 is 2.64 bits per heavy atom. The summed E-state index contributed by atoms with van der Waals surface area (Å²) < 4.78 is 35.9. The highest BCUT2D eigenvalue weighted by molar-refractivity contribution is 7.91. The summed E-state index contributed by atoms with van der Waals surface area (Å²) in [5.41, 5.74) is 1.78. The number of nitrogens with zero attached hydrogens (tertiary/aromatic N) is 2. The maximum absolute atomic E-state index is 12.7. The molecule has 2 aromatic heterocycles. The molecule has 1 aliphatic rings. The van der Waals surface area contributed by atoms with Gasteiger partial charge in [0.2, 0.25) is 21.6 Å². The van der Waals surface area contributed by atoms with E-state index >= 15 is 0 Å². The van der Waals surface area contributed by atoms with Gasteiger partial charge in [0, 0.05) is 10.4 Å². The molecule has 1 aliphatic carbocycles. The van der Waals surface area contributed by atoms with Gasteiger partial charge in [-0.15, -0.1) is 16.4 Å². The molecule has 0 unspecified atom stereocenters. The van der Waals surface area contributed by atoms with Crippen LogP contribution in [0.5, 0.6) is 0 Å². The lowest BCUT2D eigenvalue weighted by Crippen LogP contribution is -2.24. The second kappa shape index (κ2) is 9.84.